The van der Waals surface area contributed by atoms with Crippen molar-refractivity contribution in [2.24, 2.45) is 0 Å². The maximum atomic E-state index is 9.70. The molecule has 1 saturated carbocycles. The van der Waals surface area contributed by atoms with Gasteiger partial charge in [-0.15, -0.1) is 0 Å². The van der Waals surface area contributed by atoms with Crippen LogP contribution < -0.4 is 5.32 Å². The van der Waals surface area contributed by atoms with Crippen molar-refractivity contribution in [2.45, 2.75) is 44.4 Å². The van der Waals surface area contributed by atoms with E-state index in [-0.39, 0.29) is 18.2 Å². The Kier molecular flexibility index (Phi) is 3.34. The Morgan fingerprint density at radius 2 is 2.33 bits per heavy atom. The van der Waals surface area contributed by atoms with Crippen LogP contribution in [0.2, 0.25) is 0 Å². The van der Waals surface area contributed by atoms with E-state index in [2.05, 4.69) is 17.2 Å². The van der Waals surface area contributed by atoms with Crippen LogP contribution in [-0.4, -0.2) is 22.2 Å². The molecule has 1 fully saturated rings. The lowest BCUT2D eigenvalue weighted by atomic mass is 10.1. The molecule has 0 radical (unpaired) electrons. The van der Waals surface area contributed by atoms with E-state index in [1.54, 1.807) is 6.20 Å². The number of aliphatic hydroxyl groups excluding tert-OH is 1. The van der Waals surface area contributed by atoms with Gasteiger partial charge >= 0.3 is 0 Å². The van der Waals surface area contributed by atoms with E-state index in [9.17, 15) is 5.11 Å². The number of nitrogens with zero attached hydrogens (tertiary/aromatic N) is 1. The lowest BCUT2D eigenvalue weighted by Gasteiger charge is -2.21. The van der Waals surface area contributed by atoms with Crippen molar-refractivity contribution in [3.05, 3.63) is 30.1 Å². The van der Waals surface area contributed by atoms with Gasteiger partial charge in [-0.05, 0) is 38.3 Å². The topological polar surface area (TPSA) is 45.1 Å². The maximum Gasteiger partial charge on any atom is 0.0693 e. The van der Waals surface area contributed by atoms with Gasteiger partial charge in [-0.1, -0.05) is 6.07 Å². The third-order valence-corrected chi connectivity index (χ3v) is 3.07. The van der Waals surface area contributed by atoms with Crippen LogP contribution in [0.25, 0.3) is 0 Å². The van der Waals surface area contributed by atoms with Crippen molar-refractivity contribution >= 4 is 0 Å². The minimum absolute atomic E-state index is 0.184. The molecule has 3 nitrogen and oxygen atoms in total. The van der Waals surface area contributed by atoms with Crippen molar-refractivity contribution in [1.82, 2.24) is 10.3 Å². The monoisotopic (exact) mass is 206 g/mol. The summed E-state index contributed by atoms with van der Waals surface area (Å²) in [5.41, 5.74) is 1.04. The van der Waals surface area contributed by atoms with Gasteiger partial charge in [0.15, 0.2) is 0 Å². The Morgan fingerprint density at radius 3 is 2.93 bits per heavy atom. The predicted molar refractivity (Wildman–Crippen MR) is 59.4 cm³/mol. The summed E-state index contributed by atoms with van der Waals surface area (Å²) in [7, 11) is 0. The molecule has 1 aliphatic rings. The average Bonchev–Trinajstić information content (AvgIpc) is 2.66. The van der Waals surface area contributed by atoms with E-state index in [4.69, 9.17) is 0 Å². The molecule has 0 spiro atoms. The highest BCUT2D eigenvalue weighted by atomic mass is 16.3. The van der Waals surface area contributed by atoms with Crippen molar-refractivity contribution in [2.75, 3.05) is 0 Å². The van der Waals surface area contributed by atoms with E-state index in [1.807, 2.05) is 18.2 Å². The van der Waals surface area contributed by atoms with E-state index in [0.29, 0.717) is 0 Å². The Balaban J connectivity index is 1.95. The standard InChI is InChI=1S/C12H18N2O/c1-9(10-5-2-3-8-13-10)14-11-6-4-7-12(11)15/h2-3,5,8-9,11-12,14-15H,4,6-7H2,1H3/t9?,11-,12-/m1/s1. The molecule has 1 heterocycles. The maximum absolute atomic E-state index is 9.70. The lowest BCUT2D eigenvalue weighted by Crippen LogP contribution is -2.37. The highest BCUT2D eigenvalue weighted by Crippen LogP contribution is 2.21. The molecule has 82 valence electrons. The molecular formula is C12H18N2O. The molecule has 0 amide bonds. The van der Waals surface area contributed by atoms with Crippen LogP contribution in [0.15, 0.2) is 24.4 Å². The molecule has 1 aromatic heterocycles. The third kappa shape index (κ3) is 2.55. The Hall–Kier alpha value is -0.930. The summed E-state index contributed by atoms with van der Waals surface area (Å²) in [5, 5.41) is 13.1. The number of rotatable bonds is 3. The second-order valence-electron chi connectivity index (χ2n) is 4.25. The van der Waals surface area contributed by atoms with Crippen LogP contribution in [0, 0.1) is 0 Å². The smallest absolute Gasteiger partial charge is 0.0693 e. The zero-order chi connectivity index (χ0) is 10.7. The van der Waals surface area contributed by atoms with Crippen LogP contribution in [0.1, 0.15) is 37.9 Å². The molecular weight excluding hydrogens is 188 g/mol. The van der Waals surface area contributed by atoms with Crippen molar-refractivity contribution in [1.29, 1.82) is 0 Å². The summed E-state index contributed by atoms with van der Waals surface area (Å²) in [5.74, 6) is 0. The molecule has 1 aliphatic carbocycles. The van der Waals surface area contributed by atoms with E-state index in [1.165, 1.54) is 0 Å². The van der Waals surface area contributed by atoms with Gasteiger partial charge in [0.05, 0.1) is 11.8 Å². The summed E-state index contributed by atoms with van der Waals surface area (Å²) in [6.07, 6.45) is 4.73. The SMILES string of the molecule is CC(N[C@@H]1CCC[C@H]1O)c1ccccn1. The first-order valence-corrected chi connectivity index (χ1v) is 5.62. The number of nitrogens with one attached hydrogen (secondary N) is 1. The molecule has 2 N–H and O–H groups in total. The van der Waals surface area contributed by atoms with Gasteiger partial charge in [-0.2, -0.15) is 0 Å². The quantitative estimate of drug-likeness (QED) is 0.790. The fourth-order valence-corrected chi connectivity index (χ4v) is 2.17. The molecule has 15 heavy (non-hydrogen) atoms. The van der Waals surface area contributed by atoms with Gasteiger partial charge in [0.2, 0.25) is 0 Å². The van der Waals surface area contributed by atoms with Crippen molar-refractivity contribution in [3.63, 3.8) is 0 Å². The van der Waals surface area contributed by atoms with Gasteiger partial charge in [-0.25, -0.2) is 0 Å². The number of pyridine rings is 1. The molecule has 2 rings (SSSR count). The first-order chi connectivity index (χ1) is 7.27. The van der Waals surface area contributed by atoms with E-state index < -0.39 is 0 Å². The minimum Gasteiger partial charge on any atom is -0.392 e. The van der Waals surface area contributed by atoms with Gasteiger partial charge in [0.1, 0.15) is 0 Å². The predicted octanol–water partition coefficient (Wildman–Crippen LogP) is 1.65. The molecule has 0 aromatic carbocycles. The fourth-order valence-electron chi connectivity index (χ4n) is 2.17. The number of aliphatic hydroxyl groups is 1. The number of hydrogen-bond donors (Lipinski definition) is 2. The molecule has 0 aliphatic heterocycles. The van der Waals surface area contributed by atoms with Gasteiger partial charge in [0.25, 0.3) is 0 Å². The summed E-state index contributed by atoms with van der Waals surface area (Å²) >= 11 is 0. The number of aromatic nitrogens is 1. The zero-order valence-corrected chi connectivity index (χ0v) is 9.06. The van der Waals surface area contributed by atoms with Crippen LogP contribution in [0.3, 0.4) is 0 Å². The van der Waals surface area contributed by atoms with Gasteiger partial charge < -0.3 is 10.4 Å². The third-order valence-electron chi connectivity index (χ3n) is 3.07. The van der Waals surface area contributed by atoms with Crippen molar-refractivity contribution in [3.8, 4) is 0 Å². The largest absolute Gasteiger partial charge is 0.392 e. The molecule has 3 atom stereocenters. The molecule has 1 unspecified atom stereocenters. The summed E-state index contributed by atoms with van der Waals surface area (Å²) < 4.78 is 0. The van der Waals surface area contributed by atoms with Crippen molar-refractivity contribution < 1.29 is 5.11 Å². The highest BCUT2D eigenvalue weighted by Gasteiger charge is 2.26. The molecule has 0 bridgehead atoms. The molecule has 1 aromatic rings. The first kappa shape index (κ1) is 10.6. The van der Waals surface area contributed by atoms with E-state index >= 15 is 0 Å². The second-order valence-corrected chi connectivity index (χ2v) is 4.25. The zero-order valence-electron chi connectivity index (χ0n) is 9.06. The number of hydrogen-bond acceptors (Lipinski definition) is 3. The summed E-state index contributed by atoms with van der Waals surface area (Å²) in [6, 6.07) is 6.37. The van der Waals surface area contributed by atoms with E-state index in [0.717, 1.165) is 25.0 Å². The molecule has 0 saturated heterocycles. The first-order valence-electron chi connectivity index (χ1n) is 5.62. The minimum atomic E-state index is -0.184. The normalized spacial score (nSPS) is 27.9. The van der Waals surface area contributed by atoms with Crippen LogP contribution >= 0.6 is 0 Å². The Labute approximate surface area is 90.5 Å². The summed E-state index contributed by atoms with van der Waals surface area (Å²) in [6.45, 7) is 2.09. The lowest BCUT2D eigenvalue weighted by molar-refractivity contribution is 0.143. The fraction of sp³-hybridized carbons (Fsp3) is 0.583. The average molecular weight is 206 g/mol. The van der Waals surface area contributed by atoms with Crippen LogP contribution in [-0.2, 0) is 0 Å². The summed E-state index contributed by atoms with van der Waals surface area (Å²) in [4.78, 5) is 4.30. The highest BCUT2D eigenvalue weighted by molar-refractivity contribution is 5.08. The van der Waals surface area contributed by atoms with Gasteiger partial charge in [0, 0.05) is 18.3 Å². The second kappa shape index (κ2) is 4.73. The van der Waals surface area contributed by atoms with Crippen LogP contribution in [0.4, 0.5) is 0 Å². The Bertz CT molecular complexity index is 302. The van der Waals surface area contributed by atoms with Crippen LogP contribution in [0.5, 0.6) is 0 Å². The Morgan fingerprint density at radius 1 is 1.47 bits per heavy atom. The molecule has 3 heteroatoms. The van der Waals surface area contributed by atoms with Gasteiger partial charge in [-0.3, -0.25) is 4.98 Å².